The zero-order chi connectivity index (χ0) is 19.1. The first-order valence-electron chi connectivity index (χ1n) is 10.5. The quantitative estimate of drug-likeness (QED) is 0.145. The van der Waals surface area contributed by atoms with E-state index in [0.717, 1.165) is 0 Å². The van der Waals surface area contributed by atoms with Gasteiger partial charge in [0.05, 0.1) is 8.07 Å². The van der Waals surface area contributed by atoms with Crippen molar-refractivity contribution in [3.05, 3.63) is 23.3 Å². The molecule has 0 aromatic carbocycles. The van der Waals surface area contributed by atoms with E-state index in [4.69, 9.17) is 0 Å². The fourth-order valence-electron chi connectivity index (χ4n) is 3.04. The number of nitrogens with zero attached hydrogens (tertiary/aromatic N) is 1. The molecule has 0 aromatic heterocycles. The van der Waals surface area contributed by atoms with E-state index in [1.165, 1.54) is 92.7 Å². The van der Waals surface area contributed by atoms with Crippen LogP contribution >= 0.6 is 11.8 Å². The molecule has 3 heteroatoms. The highest BCUT2D eigenvalue weighted by Crippen LogP contribution is 2.32. The highest BCUT2D eigenvalue weighted by atomic mass is 32.2. The molecule has 0 unspecified atom stereocenters. The Morgan fingerprint density at radius 3 is 2.04 bits per heavy atom. The minimum Gasteiger partial charge on any atom is -0.309 e. The molecular formula is C22H45NSSi. The molecule has 0 aliphatic rings. The lowest BCUT2D eigenvalue weighted by Crippen LogP contribution is -2.28. The Balaban J connectivity index is 3.84. The van der Waals surface area contributed by atoms with E-state index < -0.39 is 8.07 Å². The third-order valence-corrected chi connectivity index (χ3v) is 9.89. The van der Waals surface area contributed by atoms with E-state index >= 15 is 0 Å². The number of allylic oxidation sites excluding steroid dienone is 1. The number of unbranched alkanes of at least 4 members (excludes halogenated alkanes) is 8. The van der Waals surface area contributed by atoms with Gasteiger partial charge in [0.15, 0.2) is 0 Å². The second-order valence-corrected chi connectivity index (χ2v) is 14.4. The molecule has 0 saturated carbocycles. The zero-order valence-corrected chi connectivity index (χ0v) is 19.8. The van der Waals surface area contributed by atoms with Crippen LogP contribution in [-0.2, 0) is 0 Å². The van der Waals surface area contributed by atoms with Gasteiger partial charge in [0, 0.05) is 0 Å². The fraction of sp³-hybridized carbons (Fsp3) is 0.818. The van der Waals surface area contributed by atoms with Crippen LogP contribution in [0.5, 0.6) is 0 Å². The number of thioether (sulfide) groups is 1. The van der Waals surface area contributed by atoms with E-state index in [1.54, 1.807) is 0 Å². The smallest absolute Gasteiger partial charge is 0.0812 e. The lowest BCUT2D eigenvalue weighted by molar-refractivity contribution is 0.391. The van der Waals surface area contributed by atoms with Gasteiger partial charge < -0.3 is 4.90 Å². The Labute approximate surface area is 164 Å². The third kappa shape index (κ3) is 13.8. The molecule has 0 bridgehead atoms. The van der Waals surface area contributed by atoms with Gasteiger partial charge in [-0.15, -0.1) is 11.8 Å². The molecule has 0 rings (SSSR count). The molecule has 0 atom stereocenters. The van der Waals surface area contributed by atoms with Crippen molar-refractivity contribution in [1.29, 1.82) is 0 Å². The third-order valence-electron chi connectivity index (χ3n) is 5.08. The van der Waals surface area contributed by atoms with Crippen LogP contribution in [-0.4, -0.2) is 39.4 Å². The summed E-state index contributed by atoms with van der Waals surface area (Å²) in [6, 6.07) is 1.38. The topological polar surface area (TPSA) is 3.24 Å². The average Bonchev–Trinajstić information content (AvgIpc) is 2.55. The summed E-state index contributed by atoms with van der Waals surface area (Å²) in [6.45, 7) is 17.2. The van der Waals surface area contributed by atoms with Gasteiger partial charge in [-0.1, -0.05) is 95.8 Å². The van der Waals surface area contributed by atoms with Gasteiger partial charge in [0.2, 0.25) is 0 Å². The molecule has 0 amide bonds. The maximum absolute atomic E-state index is 4.44. The highest BCUT2D eigenvalue weighted by molar-refractivity contribution is 8.03. The molecule has 1 nitrogen and oxygen atoms in total. The average molecular weight is 384 g/mol. The molecule has 0 aromatic rings. The SMILES string of the molecule is C=C(SCCCCCCN(C)C)C(=C)[Si](C)(C)CCCCCCCC. The largest absolute Gasteiger partial charge is 0.309 e. The van der Waals surface area contributed by atoms with Crippen molar-refractivity contribution >= 4 is 19.8 Å². The van der Waals surface area contributed by atoms with Crippen molar-refractivity contribution in [3.8, 4) is 0 Å². The molecule has 0 fully saturated rings. The molecule has 148 valence electrons. The first-order valence-corrected chi connectivity index (χ1v) is 14.7. The summed E-state index contributed by atoms with van der Waals surface area (Å²) in [5, 5.41) is 1.40. The molecular weight excluding hydrogens is 338 g/mol. The first kappa shape index (κ1) is 25.0. The molecule has 0 radical (unpaired) electrons. The van der Waals surface area contributed by atoms with Crippen LogP contribution in [0.25, 0.3) is 0 Å². The van der Waals surface area contributed by atoms with Crippen LogP contribution in [0.2, 0.25) is 19.1 Å². The van der Waals surface area contributed by atoms with Crippen molar-refractivity contribution in [2.24, 2.45) is 0 Å². The van der Waals surface area contributed by atoms with Crippen molar-refractivity contribution in [2.75, 3.05) is 26.4 Å². The Hall–Kier alpha value is 0.00688. The summed E-state index contributed by atoms with van der Waals surface area (Å²) in [4.78, 5) is 3.55. The number of rotatable bonds is 17. The van der Waals surface area contributed by atoms with E-state index in [9.17, 15) is 0 Å². The molecule has 0 spiro atoms. The molecule has 0 N–H and O–H groups in total. The van der Waals surface area contributed by atoms with Crippen molar-refractivity contribution in [1.82, 2.24) is 4.90 Å². The molecule has 0 heterocycles. The Morgan fingerprint density at radius 2 is 1.40 bits per heavy atom. The minimum atomic E-state index is -1.35. The van der Waals surface area contributed by atoms with Gasteiger partial charge in [0.25, 0.3) is 0 Å². The van der Waals surface area contributed by atoms with Gasteiger partial charge in [-0.2, -0.15) is 0 Å². The van der Waals surface area contributed by atoms with Gasteiger partial charge in [-0.3, -0.25) is 0 Å². The number of hydrogen-bond acceptors (Lipinski definition) is 2. The second-order valence-electron chi connectivity index (χ2n) is 8.37. The van der Waals surface area contributed by atoms with E-state index in [2.05, 4.69) is 52.2 Å². The van der Waals surface area contributed by atoms with Gasteiger partial charge in [-0.05, 0) is 44.1 Å². The van der Waals surface area contributed by atoms with Gasteiger partial charge in [-0.25, -0.2) is 0 Å². The van der Waals surface area contributed by atoms with Crippen molar-refractivity contribution in [2.45, 2.75) is 90.3 Å². The summed E-state index contributed by atoms with van der Waals surface area (Å²) in [5.41, 5.74) is 0. The zero-order valence-electron chi connectivity index (χ0n) is 18.0. The predicted molar refractivity (Wildman–Crippen MR) is 123 cm³/mol. The van der Waals surface area contributed by atoms with E-state index in [0.29, 0.717) is 0 Å². The lowest BCUT2D eigenvalue weighted by atomic mass is 10.1. The lowest BCUT2D eigenvalue weighted by Gasteiger charge is -2.26. The maximum atomic E-state index is 4.44. The molecule has 25 heavy (non-hydrogen) atoms. The van der Waals surface area contributed by atoms with Gasteiger partial charge >= 0.3 is 0 Å². The molecule has 0 aliphatic carbocycles. The monoisotopic (exact) mass is 383 g/mol. The normalized spacial score (nSPS) is 11.9. The fourth-order valence-corrected chi connectivity index (χ4v) is 7.05. The Morgan fingerprint density at radius 1 is 0.840 bits per heavy atom. The minimum absolute atomic E-state index is 1.21. The van der Waals surface area contributed by atoms with Crippen molar-refractivity contribution < 1.29 is 0 Å². The van der Waals surface area contributed by atoms with Crippen LogP contribution in [0.15, 0.2) is 23.3 Å². The van der Waals surface area contributed by atoms with Crippen LogP contribution in [0.1, 0.15) is 71.1 Å². The van der Waals surface area contributed by atoms with Crippen LogP contribution < -0.4 is 0 Å². The van der Waals surface area contributed by atoms with Crippen LogP contribution in [0.4, 0.5) is 0 Å². The van der Waals surface area contributed by atoms with Crippen LogP contribution in [0, 0.1) is 0 Å². The summed E-state index contributed by atoms with van der Waals surface area (Å²) < 4.78 is 0. The second kappa shape index (κ2) is 15.1. The standard InChI is InChI=1S/C22H45NSSi/c1-8-9-10-11-14-17-20-25(6,7)22(3)21(2)24-19-16-13-12-15-18-23(4)5/h2-3,8-20H2,1,4-7H3. The van der Waals surface area contributed by atoms with Crippen molar-refractivity contribution in [3.63, 3.8) is 0 Å². The maximum Gasteiger partial charge on any atom is 0.0812 e. The van der Waals surface area contributed by atoms with Gasteiger partial charge in [0.1, 0.15) is 0 Å². The molecule has 0 saturated heterocycles. The highest BCUT2D eigenvalue weighted by Gasteiger charge is 2.25. The molecule has 0 aliphatic heterocycles. The summed E-state index contributed by atoms with van der Waals surface area (Å²) in [5.74, 6) is 1.21. The summed E-state index contributed by atoms with van der Waals surface area (Å²) in [7, 11) is 2.96. The van der Waals surface area contributed by atoms with Crippen LogP contribution in [0.3, 0.4) is 0 Å². The predicted octanol–water partition coefficient (Wildman–Crippen LogP) is 7.52. The summed E-state index contributed by atoms with van der Waals surface area (Å²) >= 11 is 1.96. The van der Waals surface area contributed by atoms with E-state index in [1.807, 2.05) is 11.8 Å². The number of hydrogen-bond donors (Lipinski definition) is 0. The Bertz CT molecular complexity index is 363. The summed E-state index contributed by atoms with van der Waals surface area (Å²) in [6.07, 6.45) is 13.7. The Kier molecular flexibility index (Phi) is 15.1. The van der Waals surface area contributed by atoms with E-state index in [-0.39, 0.29) is 0 Å². The first-order chi connectivity index (χ1) is 11.8.